The summed E-state index contributed by atoms with van der Waals surface area (Å²) in [7, 11) is 2.10. The lowest BCUT2D eigenvalue weighted by Crippen LogP contribution is -2.25. The predicted molar refractivity (Wildman–Crippen MR) is 79.2 cm³/mol. The maximum atomic E-state index is 9.29. The summed E-state index contributed by atoms with van der Waals surface area (Å²) >= 11 is 1.69. The van der Waals surface area contributed by atoms with E-state index in [1.807, 2.05) is 30.6 Å². The number of aryl methyl sites for hydroxylation is 1. The van der Waals surface area contributed by atoms with Crippen molar-refractivity contribution in [1.82, 2.24) is 9.88 Å². The Bertz CT molecular complexity index is 498. The van der Waals surface area contributed by atoms with Gasteiger partial charge in [0.15, 0.2) is 0 Å². The third-order valence-electron chi connectivity index (χ3n) is 3.36. The van der Waals surface area contributed by atoms with Crippen LogP contribution in [-0.4, -0.2) is 28.6 Å². The van der Waals surface area contributed by atoms with E-state index < -0.39 is 0 Å². The van der Waals surface area contributed by atoms with Gasteiger partial charge >= 0.3 is 0 Å². The molecule has 1 N–H and O–H groups in total. The van der Waals surface area contributed by atoms with Gasteiger partial charge < -0.3 is 5.11 Å². The molecule has 0 radical (unpaired) electrons. The van der Waals surface area contributed by atoms with Crippen molar-refractivity contribution < 1.29 is 5.11 Å². The maximum Gasteiger partial charge on any atom is 0.0798 e. The first-order valence-corrected chi connectivity index (χ1v) is 7.35. The molecule has 1 unspecified atom stereocenters. The van der Waals surface area contributed by atoms with Gasteiger partial charge in [0, 0.05) is 24.1 Å². The zero-order valence-electron chi connectivity index (χ0n) is 11.4. The van der Waals surface area contributed by atoms with Gasteiger partial charge in [-0.2, -0.15) is 0 Å². The molecule has 19 heavy (non-hydrogen) atoms. The first kappa shape index (κ1) is 14.2. The second kappa shape index (κ2) is 6.80. The van der Waals surface area contributed by atoms with E-state index >= 15 is 0 Å². The summed E-state index contributed by atoms with van der Waals surface area (Å²) in [5, 5.41) is 9.29. The fraction of sp³-hybridized carbons (Fsp3) is 0.400. The minimum Gasteiger partial charge on any atom is -0.396 e. The Morgan fingerprint density at radius 2 is 2.05 bits per heavy atom. The zero-order valence-corrected chi connectivity index (χ0v) is 12.2. The molecule has 1 aromatic heterocycles. The third kappa shape index (κ3) is 3.62. The highest BCUT2D eigenvalue weighted by molar-refractivity contribution is 7.09. The Kier molecular flexibility index (Phi) is 5.07. The Morgan fingerprint density at radius 3 is 2.63 bits per heavy atom. The quantitative estimate of drug-likeness (QED) is 0.881. The van der Waals surface area contributed by atoms with Crippen LogP contribution in [0.25, 0.3) is 0 Å². The van der Waals surface area contributed by atoms with Crippen molar-refractivity contribution in [3.63, 3.8) is 0 Å². The van der Waals surface area contributed by atoms with Crippen LogP contribution in [0.15, 0.2) is 35.8 Å². The van der Waals surface area contributed by atoms with E-state index in [9.17, 15) is 5.11 Å². The summed E-state index contributed by atoms with van der Waals surface area (Å²) in [4.78, 5) is 7.87. The Hall–Kier alpha value is -1.23. The largest absolute Gasteiger partial charge is 0.396 e. The smallest absolute Gasteiger partial charge is 0.0798 e. The van der Waals surface area contributed by atoms with Gasteiger partial charge in [-0.25, -0.2) is 4.98 Å². The van der Waals surface area contributed by atoms with Crippen molar-refractivity contribution in [3.05, 3.63) is 52.0 Å². The molecule has 0 bridgehead atoms. The molecule has 1 atom stereocenters. The third-order valence-corrected chi connectivity index (χ3v) is 4.28. The number of aromatic nitrogens is 1. The standard InChI is InChI=1S/C15H20N2OS/c1-12-15(19-11-16-12)10-17(2)14(8-9-18)13-6-4-3-5-7-13/h3-7,11,14,18H,8-10H2,1-2H3. The van der Waals surface area contributed by atoms with E-state index in [0.717, 1.165) is 18.7 Å². The highest BCUT2D eigenvalue weighted by Gasteiger charge is 2.17. The van der Waals surface area contributed by atoms with Crippen LogP contribution in [0, 0.1) is 6.92 Å². The van der Waals surface area contributed by atoms with Gasteiger partial charge in [-0.1, -0.05) is 30.3 Å². The fourth-order valence-electron chi connectivity index (χ4n) is 2.25. The fourth-order valence-corrected chi connectivity index (χ4v) is 3.09. The number of nitrogens with zero attached hydrogens (tertiary/aromatic N) is 2. The van der Waals surface area contributed by atoms with Gasteiger partial charge in [-0.15, -0.1) is 11.3 Å². The average molecular weight is 276 g/mol. The second-order valence-corrected chi connectivity index (χ2v) is 5.65. The number of aliphatic hydroxyl groups is 1. The Balaban J connectivity index is 2.13. The van der Waals surface area contributed by atoms with E-state index in [1.165, 1.54) is 10.4 Å². The Labute approximate surface area is 118 Å². The summed E-state index contributed by atoms with van der Waals surface area (Å²) in [5.74, 6) is 0. The monoisotopic (exact) mass is 276 g/mol. The molecule has 4 heteroatoms. The van der Waals surface area contributed by atoms with Crippen molar-refractivity contribution in [3.8, 4) is 0 Å². The molecule has 1 aromatic carbocycles. The van der Waals surface area contributed by atoms with Crippen molar-refractivity contribution >= 4 is 11.3 Å². The van der Waals surface area contributed by atoms with Crippen LogP contribution in [0.2, 0.25) is 0 Å². The number of benzene rings is 1. The first-order chi connectivity index (χ1) is 9.22. The van der Waals surface area contributed by atoms with Gasteiger partial charge in [0.25, 0.3) is 0 Å². The van der Waals surface area contributed by atoms with Crippen LogP contribution in [0.5, 0.6) is 0 Å². The summed E-state index contributed by atoms with van der Waals surface area (Å²) in [6.07, 6.45) is 0.748. The lowest BCUT2D eigenvalue weighted by Gasteiger charge is -2.27. The van der Waals surface area contributed by atoms with Gasteiger partial charge in [-0.05, 0) is 26.0 Å². The summed E-state index contributed by atoms with van der Waals surface area (Å²) < 4.78 is 0. The van der Waals surface area contributed by atoms with Crippen LogP contribution in [0.4, 0.5) is 0 Å². The van der Waals surface area contributed by atoms with Crippen LogP contribution < -0.4 is 0 Å². The van der Waals surface area contributed by atoms with Crippen molar-refractivity contribution in [2.45, 2.75) is 25.9 Å². The molecule has 0 saturated carbocycles. The molecule has 2 rings (SSSR count). The van der Waals surface area contributed by atoms with Crippen LogP contribution in [0.1, 0.15) is 28.6 Å². The van der Waals surface area contributed by atoms with Crippen molar-refractivity contribution in [2.24, 2.45) is 0 Å². The highest BCUT2D eigenvalue weighted by Crippen LogP contribution is 2.26. The van der Waals surface area contributed by atoms with Gasteiger partial charge in [0.05, 0.1) is 11.2 Å². The molecule has 1 heterocycles. The number of rotatable bonds is 6. The minimum absolute atomic E-state index is 0.200. The average Bonchev–Trinajstić information content (AvgIpc) is 2.82. The Morgan fingerprint density at radius 1 is 1.32 bits per heavy atom. The maximum absolute atomic E-state index is 9.29. The molecule has 102 valence electrons. The predicted octanol–water partition coefficient (Wildman–Crippen LogP) is 3.01. The first-order valence-electron chi connectivity index (χ1n) is 6.47. The van der Waals surface area contributed by atoms with Gasteiger partial charge in [-0.3, -0.25) is 4.90 Å². The van der Waals surface area contributed by atoms with Crippen LogP contribution in [0.3, 0.4) is 0 Å². The van der Waals surface area contributed by atoms with Crippen molar-refractivity contribution in [2.75, 3.05) is 13.7 Å². The number of hydrogen-bond acceptors (Lipinski definition) is 4. The summed E-state index contributed by atoms with van der Waals surface area (Å²) in [6, 6.07) is 10.6. The highest BCUT2D eigenvalue weighted by atomic mass is 32.1. The number of hydrogen-bond donors (Lipinski definition) is 1. The molecule has 0 aliphatic heterocycles. The molecule has 0 amide bonds. The number of thiazole rings is 1. The van der Waals surface area contributed by atoms with Crippen LogP contribution in [-0.2, 0) is 6.54 Å². The SMILES string of the molecule is Cc1ncsc1CN(C)C(CCO)c1ccccc1. The summed E-state index contributed by atoms with van der Waals surface area (Å²) in [6.45, 7) is 3.12. The van der Waals surface area contributed by atoms with E-state index in [4.69, 9.17) is 0 Å². The van der Waals surface area contributed by atoms with E-state index in [-0.39, 0.29) is 12.6 Å². The van der Waals surface area contributed by atoms with Crippen molar-refractivity contribution in [1.29, 1.82) is 0 Å². The zero-order chi connectivity index (χ0) is 13.7. The second-order valence-electron chi connectivity index (χ2n) is 4.71. The molecule has 0 aliphatic rings. The van der Waals surface area contributed by atoms with Gasteiger partial charge in [0.2, 0.25) is 0 Å². The van der Waals surface area contributed by atoms with Crippen LogP contribution >= 0.6 is 11.3 Å². The van der Waals surface area contributed by atoms with E-state index in [1.54, 1.807) is 11.3 Å². The molecule has 3 nitrogen and oxygen atoms in total. The molecular weight excluding hydrogens is 256 g/mol. The number of aliphatic hydroxyl groups excluding tert-OH is 1. The lowest BCUT2D eigenvalue weighted by molar-refractivity contribution is 0.181. The minimum atomic E-state index is 0.200. The topological polar surface area (TPSA) is 36.4 Å². The summed E-state index contributed by atoms with van der Waals surface area (Å²) in [5.41, 5.74) is 4.25. The lowest BCUT2D eigenvalue weighted by atomic mass is 10.0. The molecule has 0 aliphatic carbocycles. The molecule has 0 fully saturated rings. The van der Waals surface area contributed by atoms with Gasteiger partial charge in [0.1, 0.15) is 0 Å². The molecule has 2 aromatic rings. The van der Waals surface area contributed by atoms with E-state index in [2.05, 4.69) is 29.1 Å². The molecular formula is C15H20N2OS. The molecule has 0 spiro atoms. The molecule has 0 saturated heterocycles. The normalized spacial score (nSPS) is 12.8. The van der Waals surface area contributed by atoms with E-state index in [0.29, 0.717) is 0 Å².